The summed E-state index contributed by atoms with van der Waals surface area (Å²) in [6, 6.07) is 2.03. The van der Waals surface area contributed by atoms with Gasteiger partial charge < -0.3 is 15.2 Å². The van der Waals surface area contributed by atoms with E-state index < -0.39 is 5.97 Å². The molecule has 0 aromatic carbocycles. The number of carbonyl (C=O) groups is 1. The van der Waals surface area contributed by atoms with Crippen LogP contribution in [0.5, 0.6) is 0 Å². The Morgan fingerprint density at radius 1 is 1.61 bits per heavy atom. The van der Waals surface area contributed by atoms with Crippen LogP contribution in [0.25, 0.3) is 0 Å². The molecule has 98 valence electrons. The second-order valence-electron chi connectivity index (χ2n) is 4.77. The first kappa shape index (κ1) is 12.8. The molecule has 2 unspecified atom stereocenters. The van der Waals surface area contributed by atoms with E-state index in [0.29, 0.717) is 24.8 Å². The molecule has 5 nitrogen and oxygen atoms in total. The van der Waals surface area contributed by atoms with Gasteiger partial charge in [-0.2, -0.15) is 0 Å². The van der Waals surface area contributed by atoms with Gasteiger partial charge in [0.2, 0.25) is 0 Å². The quantitative estimate of drug-likeness (QED) is 0.857. The van der Waals surface area contributed by atoms with Crippen LogP contribution in [0.4, 0.5) is 5.69 Å². The van der Waals surface area contributed by atoms with E-state index in [1.54, 1.807) is 6.07 Å². The Bertz CT molecular complexity index is 448. The van der Waals surface area contributed by atoms with Gasteiger partial charge in [0.05, 0.1) is 12.3 Å². The highest BCUT2D eigenvalue weighted by Gasteiger charge is 2.23. The van der Waals surface area contributed by atoms with Gasteiger partial charge in [-0.15, -0.1) is 0 Å². The minimum atomic E-state index is -0.954. The molecule has 1 saturated heterocycles. The lowest BCUT2D eigenvalue weighted by atomic mass is 9.97. The molecular formula is C13H18N2O3. The maximum absolute atomic E-state index is 11.2. The van der Waals surface area contributed by atoms with E-state index in [1.807, 2.05) is 6.92 Å². The minimum absolute atomic E-state index is 0.222. The summed E-state index contributed by atoms with van der Waals surface area (Å²) in [5.74, 6) is -0.585. The molecule has 0 amide bonds. The number of rotatable bonds is 3. The number of pyridine rings is 1. The van der Waals surface area contributed by atoms with Gasteiger partial charge in [0, 0.05) is 24.5 Å². The predicted molar refractivity (Wildman–Crippen MR) is 67.9 cm³/mol. The van der Waals surface area contributed by atoms with Crippen molar-refractivity contribution in [3.05, 3.63) is 23.5 Å². The average molecular weight is 250 g/mol. The fourth-order valence-electron chi connectivity index (χ4n) is 2.14. The molecule has 2 rings (SSSR count). The first-order valence-corrected chi connectivity index (χ1v) is 6.12. The molecule has 0 saturated carbocycles. The van der Waals surface area contributed by atoms with Gasteiger partial charge in [-0.1, -0.05) is 6.92 Å². The van der Waals surface area contributed by atoms with Crippen molar-refractivity contribution in [2.45, 2.75) is 26.3 Å². The first-order valence-electron chi connectivity index (χ1n) is 6.12. The number of aromatic nitrogens is 1. The third-order valence-electron chi connectivity index (χ3n) is 3.25. The maximum atomic E-state index is 11.2. The number of anilines is 1. The summed E-state index contributed by atoms with van der Waals surface area (Å²) in [6.07, 6.45) is 2.30. The third kappa shape index (κ3) is 2.79. The zero-order valence-corrected chi connectivity index (χ0v) is 10.6. The Labute approximate surface area is 106 Å². The molecule has 1 aliphatic heterocycles. The smallest absolute Gasteiger partial charge is 0.339 e. The van der Waals surface area contributed by atoms with Gasteiger partial charge in [0.15, 0.2) is 0 Å². The Kier molecular flexibility index (Phi) is 3.81. The van der Waals surface area contributed by atoms with Crippen LogP contribution in [-0.2, 0) is 4.74 Å². The zero-order valence-electron chi connectivity index (χ0n) is 10.6. The highest BCUT2D eigenvalue weighted by molar-refractivity contribution is 5.93. The molecule has 0 bridgehead atoms. The Morgan fingerprint density at radius 2 is 2.39 bits per heavy atom. The normalized spacial score (nSPS) is 23.7. The molecule has 0 radical (unpaired) electrons. The zero-order chi connectivity index (χ0) is 13.1. The van der Waals surface area contributed by atoms with Gasteiger partial charge in [0.25, 0.3) is 0 Å². The molecular weight excluding hydrogens is 232 g/mol. The van der Waals surface area contributed by atoms with Crippen LogP contribution in [0, 0.1) is 12.8 Å². The molecule has 2 heterocycles. The summed E-state index contributed by atoms with van der Waals surface area (Å²) in [6.45, 7) is 5.38. The van der Waals surface area contributed by atoms with Crippen LogP contribution in [0.2, 0.25) is 0 Å². The highest BCUT2D eigenvalue weighted by atomic mass is 16.5. The minimum Gasteiger partial charge on any atom is -0.478 e. The summed E-state index contributed by atoms with van der Waals surface area (Å²) >= 11 is 0. The van der Waals surface area contributed by atoms with Gasteiger partial charge in [-0.25, -0.2) is 4.79 Å². The molecule has 5 heteroatoms. The number of hydrogen-bond acceptors (Lipinski definition) is 4. The van der Waals surface area contributed by atoms with Gasteiger partial charge in [-0.3, -0.25) is 4.98 Å². The number of hydrogen-bond donors (Lipinski definition) is 2. The molecule has 2 atom stereocenters. The maximum Gasteiger partial charge on any atom is 0.339 e. The third-order valence-corrected chi connectivity index (χ3v) is 3.25. The van der Waals surface area contributed by atoms with Crippen molar-refractivity contribution in [2.24, 2.45) is 5.92 Å². The number of aromatic carboxylic acids is 1. The Morgan fingerprint density at radius 3 is 3.06 bits per heavy atom. The van der Waals surface area contributed by atoms with Crippen molar-refractivity contribution in [3.63, 3.8) is 0 Å². The van der Waals surface area contributed by atoms with Gasteiger partial charge in [0.1, 0.15) is 5.56 Å². The molecule has 0 spiro atoms. The van der Waals surface area contributed by atoms with E-state index in [-0.39, 0.29) is 11.6 Å². The number of carboxylic acids is 1. The molecule has 0 aliphatic carbocycles. The number of ether oxygens (including phenoxy) is 1. The number of carboxylic acid groups (broad SMARTS) is 1. The van der Waals surface area contributed by atoms with Crippen molar-refractivity contribution in [3.8, 4) is 0 Å². The standard InChI is InChI=1S/C13H18N2O3/c1-8-7-18-4-3-11(8)15-12-5-9(2)14-6-10(12)13(16)17/h5-6,8,11H,3-4,7H2,1-2H3,(H,14,15)(H,16,17). The molecule has 2 N–H and O–H groups in total. The van der Waals surface area contributed by atoms with Crippen LogP contribution in [0.1, 0.15) is 29.4 Å². The summed E-state index contributed by atoms with van der Waals surface area (Å²) in [5, 5.41) is 12.5. The number of aryl methyl sites for hydroxylation is 1. The molecule has 18 heavy (non-hydrogen) atoms. The van der Waals surface area contributed by atoms with Crippen molar-refractivity contribution in [1.82, 2.24) is 4.98 Å². The fourth-order valence-corrected chi connectivity index (χ4v) is 2.14. The molecule has 1 aromatic heterocycles. The average Bonchev–Trinajstić information content (AvgIpc) is 2.32. The van der Waals surface area contributed by atoms with E-state index in [0.717, 1.165) is 12.1 Å². The largest absolute Gasteiger partial charge is 0.478 e. The molecule has 1 aliphatic rings. The first-order chi connectivity index (χ1) is 8.58. The van der Waals surface area contributed by atoms with Crippen molar-refractivity contribution < 1.29 is 14.6 Å². The van der Waals surface area contributed by atoms with Crippen LogP contribution in [-0.4, -0.2) is 35.3 Å². The second kappa shape index (κ2) is 5.35. The monoisotopic (exact) mass is 250 g/mol. The van der Waals surface area contributed by atoms with Crippen LogP contribution in [0.3, 0.4) is 0 Å². The van der Waals surface area contributed by atoms with Crippen LogP contribution >= 0.6 is 0 Å². The predicted octanol–water partition coefficient (Wildman–Crippen LogP) is 1.93. The van der Waals surface area contributed by atoms with E-state index in [9.17, 15) is 4.79 Å². The Hall–Kier alpha value is -1.62. The van der Waals surface area contributed by atoms with E-state index in [1.165, 1.54) is 6.20 Å². The van der Waals surface area contributed by atoms with E-state index >= 15 is 0 Å². The summed E-state index contributed by atoms with van der Waals surface area (Å²) in [4.78, 5) is 15.2. The summed E-state index contributed by atoms with van der Waals surface area (Å²) < 4.78 is 5.38. The van der Waals surface area contributed by atoms with E-state index in [4.69, 9.17) is 9.84 Å². The molecule has 1 aromatic rings. The fraction of sp³-hybridized carbons (Fsp3) is 0.538. The molecule has 1 fully saturated rings. The van der Waals surface area contributed by atoms with Crippen molar-refractivity contribution >= 4 is 11.7 Å². The summed E-state index contributed by atoms with van der Waals surface area (Å²) in [7, 11) is 0. The number of nitrogens with zero attached hydrogens (tertiary/aromatic N) is 1. The topological polar surface area (TPSA) is 71.5 Å². The van der Waals surface area contributed by atoms with Gasteiger partial charge in [-0.05, 0) is 25.3 Å². The number of nitrogens with one attached hydrogen (secondary N) is 1. The van der Waals surface area contributed by atoms with Crippen molar-refractivity contribution in [1.29, 1.82) is 0 Å². The second-order valence-corrected chi connectivity index (χ2v) is 4.77. The Balaban J connectivity index is 2.21. The lowest BCUT2D eigenvalue weighted by Gasteiger charge is -2.30. The SMILES string of the molecule is Cc1cc(NC2CCOCC2C)c(C(=O)O)cn1. The van der Waals surface area contributed by atoms with Crippen molar-refractivity contribution in [2.75, 3.05) is 18.5 Å². The lowest BCUT2D eigenvalue weighted by Crippen LogP contribution is -2.36. The van der Waals surface area contributed by atoms with E-state index in [2.05, 4.69) is 17.2 Å². The van der Waals surface area contributed by atoms with Crippen LogP contribution < -0.4 is 5.32 Å². The lowest BCUT2D eigenvalue weighted by molar-refractivity contribution is 0.0537. The van der Waals surface area contributed by atoms with Gasteiger partial charge >= 0.3 is 5.97 Å². The highest BCUT2D eigenvalue weighted by Crippen LogP contribution is 2.22. The van der Waals surface area contributed by atoms with Crippen LogP contribution in [0.15, 0.2) is 12.3 Å². The summed E-state index contributed by atoms with van der Waals surface area (Å²) in [5.41, 5.74) is 1.68.